The number of hydrogen-bond donors (Lipinski definition) is 1. The van der Waals surface area contributed by atoms with Gasteiger partial charge in [0.2, 0.25) is 10.0 Å². The van der Waals surface area contributed by atoms with Crippen LogP contribution < -0.4 is 14.8 Å². The van der Waals surface area contributed by atoms with Gasteiger partial charge in [0.1, 0.15) is 18.1 Å². The largest absolute Gasteiger partial charge is 0.492 e. The lowest BCUT2D eigenvalue weighted by molar-refractivity contribution is -0.128. The van der Waals surface area contributed by atoms with E-state index in [0.717, 1.165) is 12.8 Å². The van der Waals surface area contributed by atoms with Crippen LogP contribution in [0.5, 0.6) is 11.5 Å². The number of carbonyl (C=O) groups excluding carboxylic acids is 1. The van der Waals surface area contributed by atoms with E-state index in [1.54, 1.807) is 48.5 Å². The molecule has 0 aliphatic carbocycles. The molecule has 0 unspecified atom stereocenters. The molecule has 1 aliphatic rings. The molecule has 0 spiro atoms. The third-order valence-corrected chi connectivity index (χ3v) is 7.08. The second kappa shape index (κ2) is 10.8. The van der Waals surface area contributed by atoms with Crippen LogP contribution in [0.2, 0.25) is 5.02 Å². The molecule has 0 aromatic heterocycles. The van der Waals surface area contributed by atoms with E-state index in [1.165, 1.54) is 4.31 Å². The smallest absolute Gasteiger partial charge is 0.261 e. The van der Waals surface area contributed by atoms with Gasteiger partial charge in [-0.25, -0.2) is 8.42 Å². The average molecular weight is 467 g/mol. The molecule has 168 valence electrons. The van der Waals surface area contributed by atoms with E-state index in [4.69, 9.17) is 21.1 Å². The van der Waals surface area contributed by atoms with Crippen LogP contribution in [-0.4, -0.2) is 51.0 Å². The fourth-order valence-electron chi connectivity index (χ4n) is 3.27. The summed E-state index contributed by atoms with van der Waals surface area (Å²) in [5.74, 6) is 0.838. The summed E-state index contributed by atoms with van der Waals surface area (Å²) >= 11 is 5.95. The van der Waals surface area contributed by atoms with Gasteiger partial charge in [-0.3, -0.25) is 4.79 Å². The van der Waals surface area contributed by atoms with Gasteiger partial charge < -0.3 is 14.8 Å². The van der Waals surface area contributed by atoms with Gasteiger partial charge in [0.05, 0.1) is 11.4 Å². The number of nitrogens with zero attached hydrogens (tertiary/aromatic N) is 1. The van der Waals surface area contributed by atoms with Crippen molar-refractivity contribution in [3.05, 3.63) is 53.6 Å². The first-order valence-electron chi connectivity index (χ1n) is 10.3. The van der Waals surface area contributed by atoms with Gasteiger partial charge in [0.15, 0.2) is 6.10 Å². The van der Waals surface area contributed by atoms with Gasteiger partial charge >= 0.3 is 0 Å². The molecule has 31 heavy (non-hydrogen) atoms. The number of carbonyl (C=O) groups is 1. The molecule has 0 radical (unpaired) electrons. The van der Waals surface area contributed by atoms with Gasteiger partial charge in [-0.05, 0) is 61.7 Å². The number of sulfonamides is 1. The van der Waals surface area contributed by atoms with E-state index in [-0.39, 0.29) is 17.4 Å². The maximum absolute atomic E-state index is 12.5. The van der Waals surface area contributed by atoms with Gasteiger partial charge in [-0.15, -0.1) is 0 Å². The van der Waals surface area contributed by atoms with Gasteiger partial charge in [0.25, 0.3) is 5.91 Å². The summed E-state index contributed by atoms with van der Waals surface area (Å²) in [6.07, 6.45) is 1.67. The molecule has 1 heterocycles. The Labute approximate surface area is 188 Å². The van der Waals surface area contributed by atoms with Crippen LogP contribution in [0.4, 0.5) is 0 Å². The van der Waals surface area contributed by atoms with Crippen LogP contribution in [0.15, 0.2) is 53.4 Å². The Kier molecular flexibility index (Phi) is 8.17. The summed E-state index contributed by atoms with van der Waals surface area (Å²) in [7, 11) is -3.43. The Morgan fingerprint density at radius 3 is 2.48 bits per heavy atom. The second-order valence-corrected chi connectivity index (χ2v) is 9.57. The maximum Gasteiger partial charge on any atom is 0.261 e. The van der Waals surface area contributed by atoms with Crippen LogP contribution >= 0.6 is 11.6 Å². The van der Waals surface area contributed by atoms with E-state index >= 15 is 0 Å². The van der Waals surface area contributed by atoms with Crippen molar-refractivity contribution in [3.8, 4) is 11.5 Å². The van der Waals surface area contributed by atoms with Crippen LogP contribution in [-0.2, 0) is 14.8 Å². The van der Waals surface area contributed by atoms with Crippen LogP contribution in [0, 0.1) is 0 Å². The number of ether oxygens (including phenoxy) is 2. The van der Waals surface area contributed by atoms with Gasteiger partial charge in [0, 0.05) is 18.1 Å². The van der Waals surface area contributed by atoms with Crippen LogP contribution in [0.1, 0.15) is 26.2 Å². The summed E-state index contributed by atoms with van der Waals surface area (Å²) in [5.41, 5.74) is 0. The first-order chi connectivity index (χ1) is 14.9. The zero-order valence-electron chi connectivity index (χ0n) is 17.4. The van der Waals surface area contributed by atoms with E-state index in [2.05, 4.69) is 5.32 Å². The van der Waals surface area contributed by atoms with Crippen LogP contribution in [0.3, 0.4) is 0 Å². The molecule has 1 aliphatic heterocycles. The molecular formula is C22H27ClN2O5S. The van der Waals surface area contributed by atoms with Crippen molar-refractivity contribution in [1.82, 2.24) is 9.62 Å². The molecule has 0 bridgehead atoms. The van der Waals surface area contributed by atoms with Crippen molar-refractivity contribution in [2.75, 3.05) is 26.2 Å². The quantitative estimate of drug-likeness (QED) is 0.542. The first-order valence-corrected chi connectivity index (χ1v) is 12.1. The van der Waals surface area contributed by atoms with E-state index in [0.29, 0.717) is 42.6 Å². The highest BCUT2D eigenvalue weighted by atomic mass is 35.5. The minimum absolute atomic E-state index is 0.238. The highest BCUT2D eigenvalue weighted by Crippen LogP contribution is 2.23. The highest BCUT2D eigenvalue weighted by Gasteiger charge is 2.27. The number of nitrogens with one attached hydrogen (secondary N) is 1. The molecule has 9 heteroatoms. The Balaban J connectivity index is 1.45. The van der Waals surface area contributed by atoms with E-state index in [9.17, 15) is 13.2 Å². The van der Waals surface area contributed by atoms with Crippen molar-refractivity contribution < 1.29 is 22.7 Å². The second-order valence-electron chi connectivity index (χ2n) is 7.19. The fourth-order valence-corrected chi connectivity index (χ4v) is 4.97. The minimum Gasteiger partial charge on any atom is -0.492 e. The van der Waals surface area contributed by atoms with Crippen LogP contribution in [0.25, 0.3) is 0 Å². The van der Waals surface area contributed by atoms with Crippen molar-refractivity contribution >= 4 is 27.5 Å². The Bertz CT molecular complexity index is 976. The normalized spacial score (nSPS) is 15.4. The molecule has 7 nitrogen and oxygen atoms in total. The number of hydrogen-bond acceptors (Lipinski definition) is 5. The van der Waals surface area contributed by atoms with Crippen molar-refractivity contribution in [1.29, 1.82) is 0 Å². The molecule has 1 fully saturated rings. The molecule has 3 rings (SSSR count). The molecule has 1 amide bonds. The van der Waals surface area contributed by atoms with Crippen molar-refractivity contribution in [2.45, 2.75) is 37.2 Å². The maximum atomic E-state index is 12.5. The summed E-state index contributed by atoms with van der Waals surface area (Å²) < 4.78 is 37.9. The Morgan fingerprint density at radius 2 is 1.84 bits per heavy atom. The molecule has 0 saturated carbocycles. The van der Waals surface area contributed by atoms with E-state index in [1.807, 2.05) is 6.92 Å². The van der Waals surface area contributed by atoms with E-state index < -0.39 is 16.1 Å². The predicted octanol–water partition coefficient (Wildman–Crippen LogP) is 3.48. The number of halogens is 1. The molecule has 2 aromatic rings. The zero-order valence-corrected chi connectivity index (χ0v) is 19.0. The number of amides is 1. The molecule has 1 saturated heterocycles. The lowest BCUT2D eigenvalue weighted by Crippen LogP contribution is -2.39. The first kappa shape index (κ1) is 23.4. The van der Waals surface area contributed by atoms with Gasteiger partial charge in [-0.1, -0.05) is 24.6 Å². The summed E-state index contributed by atoms with van der Waals surface area (Å²) in [6, 6.07) is 13.3. The molecule has 2 aromatic carbocycles. The standard InChI is InChI=1S/C22H27ClN2O5S/c1-2-21(30-19-7-5-6-17(23)16-19)22(26)24-12-15-29-18-8-10-20(11-9-18)31(27,28)25-13-3-4-14-25/h5-11,16,21H,2-4,12-15H2,1H3,(H,24,26)/t21-/m0/s1. The van der Waals surface area contributed by atoms with Crippen molar-refractivity contribution in [2.24, 2.45) is 0 Å². The minimum atomic E-state index is -3.43. The van der Waals surface area contributed by atoms with Gasteiger partial charge in [-0.2, -0.15) is 4.31 Å². The monoisotopic (exact) mass is 466 g/mol. The third-order valence-electron chi connectivity index (χ3n) is 4.93. The molecule has 1 atom stereocenters. The zero-order chi connectivity index (χ0) is 22.3. The summed E-state index contributed by atoms with van der Waals surface area (Å²) in [4.78, 5) is 12.6. The highest BCUT2D eigenvalue weighted by molar-refractivity contribution is 7.89. The molecular weight excluding hydrogens is 440 g/mol. The Hall–Kier alpha value is -2.29. The Morgan fingerprint density at radius 1 is 1.13 bits per heavy atom. The average Bonchev–Trinajstić information content (AvgIpc) is 3.31. The topological polar surface area (TPSA) is 84.9 Å². The predicted molar refractivity (Wildman–Crippen MR) is 119 cm³/mol. The lowest BCUT2D eigenvalue weighted by atomic mass is 10.2. The lowest BCUT2D eigenvalue weighted by Gasteiger charge is -2.17. The fraction of sp³-hybridized carbons (Fsp3) is 0.409. The molecule has 1 N–H and O–H groups in total. The van der Waals surface area contributed by atoms with Crippen molar-refractivity contribution in [3.63, 3.8) is 0 Å². The SMILES string of the molecule is CC[C@H](Oc1cccc(Cl)c1)C(=O)NCCOc1ccc(S(=O)(=O)N2CCCC2)cc1. The number of benzene rings is 2. The summed E-state index contributed by atoms with van der Waals surface area (Å²) in [5, 5.41) is 3.33. The third kappa shape index (κ3) is 6.35. The summed E-state index contributed by atoms with van der Waals surface area (Å²) in [6.45, 7) is 3.54. The number of rotatable bonds is 10.